The lowest BCUT2D eigenvalue weighted by molar-refractivity contribution is -0.162. The number of aliphatic hydroxyl groups excluding tert-OH is 1. The molecule has 1 N–H and O–H groups in total. The number of carbonyl (C=O) groups excluding carboxylic acids is 2. The maximum Gasteiger partial charge on any atom is 0.305 e. The molecule has 358 valence electrons. The van der Waals surface area contributed by atoms with Gasteiger partial charge in [-0.25, -0.2) is 0 Å². The second-order valence-electron chi connectivity index (χ2n) is 18.8. The summed E-state index contributed by atoms with van der Waals surface area (Å²) in [5.74, 6) is 2.51. The normalized spacial score (nSPS) is 12.1. The first-order valence-corrected chi connectivity index (χ1v) is 25.0. The van der Waals surface area contributed by atoms with Crippen molar-refractivity contribution in [3.05, 3.63) is 0 Å². The zero-order chi connectivity index (χ0) is 44.5. The SMILES string of the molecule is CC(C)CCCCOC(CCOC(=O)CCCCCN(CCCCO)CCCCCC(=O)OCCC(OCCCCC(C)C)OCCCCC(C)C)OCCCCC(C)C. The fraction of sp³-hybridized carbons (Fsp3) is 0.960. The lowest BCUT2D eigenvalue weighted by Crippen LogP contribution is -2.27. The molecule has 0 aromatic carbocycles. The van der Waals surface area contributed by atoms with E-state index in [1.807, 2.05) is 0 Å². The molecule has 0 unspecified atom stereocenters. The Labute approximate surface area is 370 Å². The minimum absolute atomic E-state index is 0.150. The Morgan fingerprint density at radius 2 is 0.700 bits per heavy atom. The summed E-state index contributed by atoms with van der Waals surface area (Å²) in [6, 6.07) is 0. The van der Waals surface area contributed by atoms with Crippen molar-refractivity contribution in [2.24, 2.45) is 23.7 Å². The number of hydrogen-bond acceptors (Lipinski definition) is 10. The third-order valence-corrected chi connectivity index (χ3v) is 10.7. The molecule has 0 aliphatic rings. The third-order valence-electron chi connectivity index (χ3n) is 10.7. The van der Waals surface area contributed by atoms with Crippen LogP contribution in [-0.4, -0.2) is 100 Å². The molecule has 0 aliphatic heterocycles. The Morgan fingerprint density at radius 1 is 0.383 bits per heavy atom. The van der Waals surface area contributed by atoms with Crippen LogP contribution in [0.1, 0.15) is 209 Å². The molecule has 0 aromatic heterocycles. The minimum atomic E-state index is -0.325. The van der Waals surface area contributed by atoms with Gasteiger partial charge >= 0.3 is 11.9 Å². The van der Waals surface area contributed by atoms with Crippen molar-refractivity contribution in [1.29, 1.82) is 0 Å². The van der Waals surface area contributed by atoms with E-state index in [-0.39, 0.29) is 31.1 Å². The summed E-state index contributed by atoms with van der Waals surface area (Å²) in [6.45, 7) is 24.4. The van der Waals surface area contributed by atoms with E-state index in [1.165, 1.54) is 25.7 Å². The van der Waals surface area contributed by atoms with Gasteiger partial charge in [0, 0.05) is 58.7 Å². The molecule has 0 radical (unpaired) electrons. The van der Waals surface area contributed by atoms with E-state index in [0.717, 1.165) is 122 Å². The van der Waals surface area contributed by atoms with Gasteiger partial charge in [-0.05, 0) is 108 Å². The first kappa shape index (κ1) is 58.7. The predicted octanol–water partition coefficient (Wildman–Crippen LogP) is 12.1. The number of unbranched alkanes of at least 4 members (excludes halogenated alkanes) is 9. The van der Waals surface area contributed by atoms with Gasteiger partial charge in [0.2, 0.25) is 0 Å². The van der Waals surface area contributed by atoms with Gasteiger partial charge in [-0.3, -0.25) is 9.59 Å². The monoisotopic (exact) mass is 858 g/mol. The highest BCUT2D eigenvalue weighted by atomic mass is 16.7. The molecule has 0 amide bonds. The van der Waals surface area contributed by atoms with Crippen LogP contribution >= 0.6 is 0 Å². The van der Waals surface area contributed by atoms with Crippen LogP contribution in [0.4, 0.5) is 0 Å². The van der Waals surface area contributed by atoms with Gasteiger partial charge in [-0.2, -0.15) is 0 Å². The van der Waals surface area contributed by atoms with E-state index in [1.54, 1.807) is 0 Å². The Balaban J connectivity index is 4.42. The number of hydrogen-bond donors (Lipinski definition) is 1. The van der Waals surface area contributed by atoms with Crippen molar-refractivity contribution in [3.63, 3.8) is 0 Å². The highest BCUT2D eigenvalue weighted by Crippen LogP contribution is 2.14. The number of nitrogens with zero attached hydrogens (tertiary/aromatic N) is 1. The van der Waals surface area contributed by atoms with Crippen LogP contribution in [-0.2, 0) is 38.0 Å². The van der Waals surface area contributed by atoms with Crippen molar-refractivity contribution >= 4 is 11.9 Å². The van der Waals surface area contributed by atoms with Crippen molar-refractivity contribution in [1.82, 2.24) is 4.90 Å². The van der Waals surface area contributed by atoms with Crippen LogP contribution in [0.5, 0.6) is 0 Å². The van der Waals surface area contributed by atoms with Crippen LogP contribution < -0.4 is 0 Å². The molecule has 0 aliphatic carbocycles. The second kappa shape index (κ2) is 43.0. The van der Waals surface area contributed by atoms with E-state index >= 15 is 0 Å². The lowest BCUT2D eigenvalue weighted by atomic mass is 10.1. The summed E-state index contributed by atoms with van der Waals surface area (Å²) in [7, 11) is 0. The zero-order valence-corrected chi connectivity index (χ0v) is 40.7. The average molecular weight is 858 g/mol. The van der Waals surface area contributed by atoms with Crippen molar-refractivity contribution < 1.29 is 43.1 Å². The molecule has 10 nitrogen and oxygen atoms in total. The molecule has 10 heteroatoms. The van der Waals surface area contributed by atoms with Crippen LogP contribution in [0.15, 0.2) is 0 Å². The Kier molecular flexibility index (Phi) is 42.0. The first-order valence-electron chi connectivity index (χ1n) is 25.0. The quantitative estimate of drug-likeness (QED) is 0.0361. The van der Waals surface area contributed by atoms with E-state index in [4.69, 9.17) is 28.4 Å². The Hall–Kier alpha value is -1.30. The summed E-state index contributed by atoms with van der Waals surface area (Å²) < 4.78 is 35.4. The maximum absolute atomic E-state index is 12.5. The van der Waals surface area contributed by atoms with Gasteiger partial charge in [0.25, 0.3) is 0 Å². The highest BCUT2D eigenvalue weighted by Gasteiger charge is 2.14. The van der Waals surface area contributed by atoms with Crippen LogP contribution in [0.3, 0.4) is 0 Å². The summed E-state index contributed by atoms with van der Waals surface area (Å²) in [6.07, 6.45) is 22.2. The van der Waals surface area contributed by atoms with Crippen molar-refractivity contribution in [2.75, 3.05) is 65.9 Å². The topological polar surface area (TPSA) is 113 Å². The molecule has 0 saturated heterocycles. The summed E-state index contributed by atoms with van der Waals surface area (Å²) >= 11 is 0. The zero-order valence-electron chi connectivity index (χ0n) is 40.7. The maximum atomic E-state index is 12.5. The summed E-state index contributed by atoms with van der Waals surface area (Å²) in [5.41, 5.74) is 0. The van der Waals surface area contributed by atoms with Crippen molar-refractivity contribution in [3.8, 4) is 0 Å². The smallest absolute Gasteiger partial charge is 0.305 e. The largest absolute Gasteiger partial charge is 0.465 e. The number of esters is 2. The average Bonchev–Trinajstić information content (AvgIpc) is 3.18. The molecule has 0 heterocycles. The molecule has 0 atom stereocenters. The molecule has 0 spiro atoms. The van der Waals surface area contributed by atoms with Crippen LogP contribution in [0.25, 0.3) is 0 Å². The van der Waals surface area contributed by atoms with Gasteiger partial charge in [0.05, 0.1) is 13.2 Å². The minimum Gasteiger partial charge on any atom is -0.465 e. The van der Waals surface area contributed by atoms with Gasteiger partial charge in [-0.15, -0.1) is 0 Å². The molecule has 0 bridgehead atoms. The van der Waals surface area contributed by atoms with E-state index in [2.05, 4.69) is 60.3 Å². The fourth-order valence-corrected chi connectivity index (χ4v) is 6.94. The Bertz CT molecular complexity index is 827. The van der Waals surface area contributed by atoms with Crippen LogP contribution in [0, 0.1) is 23.7 Å². The first-order chi connectivity index (χ1) is 28.9. The number of carbonyl (C=O) groups is 2. The molecular formula is C50H99NO9. The standard InChI is InChI=1S/C50H99NO9/c1-43(2)25-13-21-37-57-49(58-38-22-14-26-44(3)4)31-41-55-47(53)29-11-9-17-33-51(35-19-20-36-52)34-18-10-12-30-48(54)56-42-32-50(59-39-23-15-27-45(5)6)60-40-24-16-28-46(7)8/h43-46,49-50,52H,9-42H2,1-8H3. The third kappa shape index (κ3) is 43.4. The van der Waals surface area contributed by atoms with Gasteiger partial charge in [0.1, 0.15) is 0 Å². The summed E-state index contributed by atoms with van der Waals surface area (Å²) in [4.78, 5) is 27.5. The molecule has 0 fully saturated rings. The Morgan fingerprint density at radius 3 is 1.00 bits per heavy atom. The molecular weight excluding hydrogens is 759 g/mol. The molecule has 0 rings (SSSR count). The predicted molar refractivity (Wildman–Crippen MR) is 247 cm³/mol. The van der Waals surface area contributed by atoms with E-state index in [9.17, 15) is 14.7 Å². The lowest BCUT2D eigenvalue weighted by Gasteiger charge is -2.22. The van der Waals surface area contributed by atoms with Crippen LogP contribution in [0.2, 0.25) is 0 Å². The number of ether oxygens (including phenoxy) is 6. The van der Waals surface area contributed by atoms with Gasteiger partial charge in [0.15, 0.2) is 12.6 Å². The number of aliphatic hydroxyl groups is 1. The fourth-order valence-electron chi connectivity index (χ4n) is 6.94. The number of rotatable bonds is 46. The molecule has 60 heavy (non-hydrogen) atoms. The summed E-state index contributed by atoms with van der Waals surface area (Å²) in [5, 5.41) is 9.32. The van der Waals surface area contributed by atoms with E-state index < -0.39 is 0 Å². The van der Waals surface area contributed by atoms with Gasteiger partial charge in [-0.1, -0.05) is 120 Å². The second-order valence-corrected chi connectivity index (χ2v) is 18.8. The molecule has 0 aromatic rings. The van der Waals surface area contributed by atoms with E-state index in [0.29, 0.717) is 89.0 Å². The van der Waals surface area contributed by atoms with Gasteiger partial charge < -0.3 is 38.4 Å². The molecule has 0 saturated carbocycles. The highest BCUT2D eigenvalue weighted by molar-refractivity contribution is 5.69. The van der Waals surface area contributed by atoms with Crippen molar-refractivity contribution in [2.45, 2.75) is 222 Å².